The largest absolute Gasteiger partial charge is 0.369 e. The molecule has 1 amide bonds. The van der Waals surface area contributed by atoms with Crippen LogP contribution in [0.3, 0.4) is 0 Å². The summed E-state index contributed by atoms with van der Waals surface area (Å²) in [5.41, 5.74) is 4.00. The number of carbonyl (C=O) groups excluding carboxylic acids is 2. The quantitative estimate of drug-likeness (QED) is 0.598. The van der Waals surface area contributed by atoms with Crippen LogP contribution < -0.4 is 5.73 Å². The Morgan fingerprint density at radius 3 is 2.00 bits per heavy atom. The molecule has 62 valence electrons. The first-order chi connectivity index (χ1) is 4.82. The lowest BCUT2D eigenvalue weighted by molar-refractivity contribution is -0.163. The van der Waals surface area contributed by atoms with Gasteiger partial charge in [-0.2, -0.15) is 0 Å². The number of primary amides is 1. The maximum atomic E-state index is 11.1. The van der Waals surface area contributed by atoms with Crippen LogP contribution in [0.4, 0.5) is 0 Å². The lowest BCUT2D eigenvalue weighted by atomic mass is 9.51. The van der Waals surface area contributed by atoms with Gasteiger partial charge in [0.25, 0.3) is 0 Å². The lowest BCUT2D eigenvalue weighted by Crippen LogP contribution is -2.60. The molecule has 1 aliphatic carbocycles. The van der Waals surface area contributed by atoms with Gasteiger partial charge in [0.2, 0.25) is 5.91 Å². The van der Waals surface area contributed by atoms with E-state index in [1.54, 1.807) is 20.8 Å². The summed E-state index contributed by atoms with van der Waals surface area (Å²) in [5, 5.41) is 0. The molecule has 1 rings (SSSR count). The van der Waals surface area contributed by atoms with E-state index in [9.17, 15) is 9.59 Å². The Hall–Kier alpha value is -0.860. The normalized spacial score (nSPS) is 34.6. The van der Waals surface area contributed by atoms with Gasteiger partial charge in [-0.15, -0.1) is 0 Å². The number of hydrogen-bond acceptors (Lipinski definition) is 2. The summed E-state index contributed by atoms with van der Waals surface area (Å²) in [6, 6.07) is 0. The Bertz CT molecular complexity index is 232. The van der Waals surface area contributed by atoms with Crippen molar-refractivity contribution in [2.75, 3.05) is 0 Å². The average Bonchev–Trinajstić information content (AvgIpc) is 1.87. The molecular formula is C8H13NO2. The molecule has 3 nitrogen and oxygen atoms in total. The molecule has 0 aromatic rings. The maximum absolute atomic E-state index is 11.1. The minimum absolute atomic E-state index is 0.124. The third-order valence-electron chi connectivity index (χ3n) is 3.13. The summed E-state index contributed by atoms with van der Waals surface area (Å²) in [7, 11) is 0. The average molecular weight is 155 g/mol. The van der Waals surface area contributed by atoms with E-state index in [2.05, 4.69) is 0 Å². The second-order valence-corrected chi connectivity index (χ2v) is 3.92. The van der Waals surface area contributed by atoms with E-state index in [1.807, 2.05) is 0 Å². The summed E-state index contributed by atoms with van der Waals surface area (Å²) < 4.78 is 0. The van der Waals surface area contributed by atoms with Gasteiger partial charge in [-0.05, 0) is 6.92 Å². The summed E-state index contributed by atoms with van der Waals surface area (Å²) in [6.45, 7) is 5.28. The molecule has 3 heteroatoms. The molecule has 0 aromatic heterocycles. The number of ketones is 1. The Balaban J connectivity index is 2.96. The van der Waals surface area contributed by atoms with E-state index < -0.39 is 10.8 Å². The molecule has 1 fully saturated rings. The van der Waals surface area contributed by atoms with Crippen molar-refractivity contribution in [3.8, 4) is 0 Å². The van der Waals surface area contributed by atoms with Gasteiger partial charge in [0.15, 0.2) is 0 Å². The highest BCUT2D eigenvalue weighted by Crippen LogP contribution is 2.52. The Morgan fingerprint density at radius 1 is 1.45 bits per heavy atom. The highest BCUT2D eigenvalue weighted by atomic mass is 16.2. The molecule has 0 spiro atoms. The Labute approximate surface area is 66.0 Å². The smallest absolute Gasteiger partial charge is 0.224 e. The highest BCUT2D eigenvalue weighted by molar-refractivity contribution is 6.03. The molecule has 0 aliphatic heterocycles. The molecule has 2 N–H and O–H groups in total. The first-order valence-electron chi connectivity index (χ1n) is 3.65. The summed E-state index contributed by atoms with van der Waals surface area (Å²) >= 11 is 0. The van der Waals surface area contributed by atoms with Crippen molar-refractivity contribution in [3.63, 3.8) is 0 Å². The van der Waals surface area contributed by atoms with Crippen LogP contribution in [0.15, 0.2) is 0 Å². The van der Waals surface area contributed by atoms with Crippen molar-refractivity contribution < 1.29 is 9.59 Å². The van der Waals surface area contributed by atoms with Gasteiger partial charge < -0.3 is 5.73 Å². The molecule has 0 saturated heterocycles. The summed E-state index contributed by atoms with van der Waals surface area (Å²) in [4.78, 5) is 22.0. The van der Waals surface area contributed by atoms with Crippen LogP contribution in [-0.4, -0.2) is 11.7 Å². The van der Waals surface area contributed by atoms with Gasteiger partial charge in [-0.3, -0.25) is 9.59 Å². The third kappa shape index (κ3) is 0.737. The molecule has 0 radical (unpaired) electrons. The van der Waals surface area contributed by atoms with Crippen LogP contribution in [0.2, 0.25) is 0 Å². The van der Waals surface area contributed by atoms with Crippen LogP contribution in [0, 0.1) is 10.8 Å². The fourth-order valence-corrected chi connectivity index (χ4v) is 1.36. The van der Waals surface area contributed by atoms with Crippen LogP contribution in [0.5, 0.6) is 0 Å². The van der Waals surface area contributed by atoms with Crippen LogP contribution in [0.25, 0.3) is 0 Å². The first kappa shape index (κ1) is 8.24. The predicted octanol–water partition coefficient (Wildman–Crippen LogP) is 0.477. The predicted molar refractivity (Wildman–Crippen MR) is 40.7 cm³/mol. The number of carbonyl (C=O) groups is 2. The zero-order chi connectivity index (χ0) is 8.86. The number of nitrogens with two attached hydrogens (primary N) is 1. The van der Waals surface area contributed by atoms with Crippen molar-refractivity contribution in [1.82, 2.24) is 0 Å². The van der Waals surface area contributed by atoms with Crippen molar-refractivity contribution >= 4 is 11.7 Å². The van der Waals surface area contributed by atoms with Gasteiger partial charge in [-0.1, -0.05) is 13.8 Å². The molecule has 0 aromatic carbocycles. The van der Waals surface area contributed by atoms with Crippen LogP contribution >= 0.6 is 0 Å². The first-order valence-corrected chi connectivity index (χ1v) is 3.65. The van der Waals surface area contributed by atoms with Gasteiger partial charge in [0.1, 0.15) is 5.78 Å². The molecule has 1 saturated carbocycles. The monoisotopic (exact) mass is 155 g/mol. The minimum atomic E-state index is -0.621. The van der Waals surface area contributed by atoms with Crippen LogP contribution in [0.1, 0.15) is 27.2 Å². The van der Waals surface area contributed by atoms with Crippen LogP contribution in [-0.2, 0) is 9.59 Å². The summed E-state index contributed by atoms with van der Waals surface area (Å²) in [6.07, 6.45) is 0.301. The van der Waals surface area contributed by atoms with Crippen molar-refractivity contribution in [3.05, 3.63) is 0 Å². The van der Waals surface area contributed by atoms with E-state index in [1.165, 1.54) is 0 Å². The zero-order valence-electron chi connectivity index (χ0n) is 7.10. The highest BCUT2D eigenvalue weighted by Gasteiger charge is 2.60. The molecule has 1 aliphatic rings. The second-order valence-electron chi connectivity index (χ2n) is 3.92. The molecule has 1 unspecified atom stereocenters. The number of hydrogen-bond donors (Lipinski definition) is 1. The standard InChI is InChI=1S/C8H13NO2/c1-7(2)5(10)4-8(7,3)6(9)11/h4H2,1-3H3,(H2,9,11). The topological polar surface area (TPSA) is 60.2 Å². The van der Waals surface area contributed by atoms with E-state index >= 15 is 0 Å². The Kier molecular flexibility index (Phi) is 1.38. The molecule has 1 atom stereocenters. The minimum Gasteiger partial charge on any atom is -0.369 e. The summed E-state index contributed by atoms with van der Waals surface area (Å²) in [5.74, 6) is -0.249. The number of rotatable bonds is 1. The van der Waals surface area contributed by atoms with Gasteiger partial charge in [0, 0.05) is 11.8 Å². The Morgan fingerprint density at radius 2 is 1.91 bits per heavy atom. The van der Waals surface area contributed by atoms with E-state index in [0.29, 0.717) is 6.42 Å². The van der Waals surface area contributed by atoms with E-state index in [4.69, 9.17) is 5.73 Å². The fraction of sp³-hybridized carbons (Fsp3) is 0.750. The lowest BCUT2D eigenvalue weighted by Gasteiger charge is -2.49. The van der Waals surface area contributed by atoms with Gasteiger partial charge >= 0.3 is 0 Å². The number of amides is 1. The van der Waals surface area contributed by atoms with Gasteiger partial charge in [0.05, 0.1) is 5.41 Å². The van der Waals surface area contributed by atoms with Crippen molar-refractivity contribution in [2.45, 2.75) is 27.2 Å². The maximum Gasteiger partial charge on any atom is 0.224 e. The van der Waals surface area contributed by atoms with Crippen molar-refractivity contribution in [2.24, 2.45) is 16.6 Å². The third-order valence-corrected chi connectivity index (χ3v) is 3.13. The fourth-order valence-electron chi connectivity index (χ4n) is 1.36. The molecular weight excluding hydrogens is 142 g/mol. The van der Waals surface area contributed by atoms with Gasteiger partial charge in [-0.25, -0.2) is 0 Å². The molecule has 0 heterocycles. The van der Waals surface area contributed by atoms with Crippen molar-refractivity contribution in [1.29, 1.82) is 0 Å². The molecule has 0 bridgehead atoms. The zero-order valence-corrected chi connectivity index (χ0v) is 7.10. The number of Topliss-reactive ketones (excluding diaryl/α,β-unsaturated/α-hetero) is 1. The second kappa shape index (κ2) is 1.84. The SMILES string of the molecule is CC1(C)C(=O)CC1(C)C(N)=O. The van der Waals surface area contributed by atoms with E-state index in [0.717, 1.165) is 0 Å². The molecule has 11 heavy (non-hydrogen) atoms. The van der Waals surface area contributed by atoms with E-state index in [-0.39, 0.29) is 11.7 Å².